The van der Waals surface area contributed by atoms with Crippen LogP contribution in [0.3, 0.4) is 0 Å². The zero-order valence-electron chi connectivity index (χ0n) is 18.9. The zero-order chi connectivity index (χ0) is 22.0. The van der Waals surface area contributed by atoms with Gasteiger partial charge in [0, 0.05) is 38.3 Å². The standard InChI is InChI=1S/C22H35N5O3.HI/c1-22(2,3)30-21(29)27-18-9-7-16(8-10-18)13-15-25-20(23-4)24-14-5-6-19(28)26-17-11-12-17;/h7-10,17H,5-6,11-15H2,1-4H3,(H,26,28)(H,27,29)(H2,23,24,25);1H. The van der Waals surface area contributed by atoms with Gasteiger partial charge in [0.15, 0.2) is 5.96 Å². The van der Waals surface area contributed by atoms with E-state index in [1.807, 2.05) is 45.0 Å². The molecule has 2 amide bonds. The SMILES string of the molecule is CN=C(NCCCC(=O)NC1CC1)NCCc1ccc(NC(=O)OC(C)(C)C)cc1.I. The molecule has 1 fully saturated rings. The fraction of sp³-hybridized carbons (Fsp3) is 0.591. The number of rotatable bonds is 9. The average molecular weight is 545 g/mol. The minimum absolute atomic E-state index is 0. The molecule has 0 unspecified atom stereocenters. The van der Waals surface area contributed by atoms with Crippen LogP contribution in [0, 0.1) is 0 Å². The summed E-state index contributed by atoms with van der Waals surface area (Å²) in [5.74, 6) is 0.854. The van der Waals surface area contributed by atoms with Gasteiger partial charge in [0.25, 0.3) is 0 Å². The van der Waals surface area contributed by atoms with E-state index in [0.29, 0.717) is 24.7 Å². The van der Waals surface area contributed by atoms with Crippen molar-refractivity contribution >= 4 is 47.6 Å². The third-order valence-electron chi connectivity index (χ3n) is 4.34. The number of guanidine groups is 1. The maximum Gasteiger partial charge on any atom is 0.412 e. The number of hydrogen-bond donors (Lipinski definition) is 4. The number of carbonyl (C=O) groups is 2. The van der Waals surface area contributed by atoms with Crippen molar-refractivity contribution in [2.24, 2.45) is 4.99 Å². The number of amides is 2. The van der Waals surface area contributed by atoms with Gasteiger partial charge < -0.3 is 20.7 Å². The highest BCUT2D eigenvalue weighted by Crippen LogP contribution is 2.18. The molecule has 0 aliphatic heterocycles. The first kappa shape index (κ1) is 27.0. The lowest BCUT2D eigenvalue weighted by Gasteiger charge is -2.19. The molecule has 0 radical (unpaired) electrons. The Bertz CT molecular complexity index is 728. The van der Waals surface area contributed by atoms with Gasteiger partial charge in [0.05, 0.1) is 0 Å². The summed E-state index contributed by atoms with van der Waals surface area (Å²) in [5, 5.41) is 12.2. The van der Waals surface area contributed by atoms with Crippen LogP contribution in [0.2, 0.25) is 0 Å². The predicted octanol–water partition coefficient (Wildman–Crippen LogP) is 3.42. The topological polar surface area (TPSA) is 104 Å². The molecule has 0 saturated heterocycles. The molecule has 31 heavy (non-hydrogen) atoms. The number of nitrogens with zero attached hydrogens (tertiary/aromatic N) is 1. The number of nitrogens with one attached hydrogen (secondary N) is 4. The van der Waals surface area contributed by atoms with Gasteiger partial charge in [-0.1, -0.05) is 12.1 Å². The lowest BCUT2D eigenvalue weighted by molar-refractivity contribution is -0.121. The van der Waals surface area contributed by atoms with E-state index in [0.717, 1.165) is 43.8 Å². The lowest BCUT2D eigenvalue weighted by atomic mass is 10.1. The highest BCUT2D eigenvalue weighted by Gasteiger charge is 2.22. The molecule has 0 spiro atoms. The third-order valence-corrected chi connectivity index (χ3v) is 4.34. The van der Waals surface area contributed by atoms with Gasteiger partial charge >= 0.3 is 6.09 Å². The van der Waals surface area contributed by atoms with Crippen LogP contribution in [0.5, 0.6) is 0 Å². The largest absolute Gasteiger partial charge is 0.444 e. The number of aliphatic imine (C=N–C) groups is 1. The van der Waals surface area contributed by atoms with Gasteiger partial charge in [-0.25, -0.2) is 4.79 Å². The Balaban J connectivity index is 0.00000480. The van der Waals surface area contributed by atoms with Crippen LogP contribution in [0.4, 0.5) is 10.5 Å². The van der Waals surface area contributed by atoms with Crippen molar-refractivity contribution in [3.8, 4) is 0 Å². The summed E-state index contributed by atoms with van der Waals surface area (Å²) in [6.45, 7) is 6.91. The van der Waals surface area contributed by atoms with Crippen molar-refractivity contribution in [3.05, 3.63) is 29.8 Å². The van der Waals surface area contributed by atoms with E-state index in [2.05, 4.69) is 26.3 Å². The Hall–Kier alpha value is -2.04. The molecule has 1 aliphatic carbocycles. The van der Waals surface area contributed by atoms with Crippen LogP contribution in [-0.2, 0) is 16.0 Å². The maximum absolute atomic E-state index is 11.8. The second-order valence-corrected chi connectivity index (χ2v) is 8.44. The van der Waals surface area contributed by atoms with E-state index in [4.69, 9.17) is 4.74 Å². The van der Waals surface area contributed by atoms with Gasteiger partial charge in [0.2, 0.25) is 5.91 Å². The van der Waals surface area contributed by atoms with Gasteiger partial charge in [0.1, 0.15) is 5.60 Å². The van der Waals surface area contributed by atoms with Crippen LogP contribution >= 0.6 is 24.0 Å². The summed E-state index contributed by atoms with van der Waals surface area (Å²) in [4.78, 5) is 27.7. The van der Waals surface area contributed by atoms with Crippen molar-refractivity contribution in [1.29, 1.82) is 0 Å². The molecular weight excluding hydrogens is 509 g/mol. The van der Waals surface area contributed by atoms with Gasteiger partial charge in [-0.15, -0.1) is 24.0 Å². The minimum Gasteiger partial charge on any atom is -0.444 e. The average Bonchev–Trinajstić information content (AvgIpc) is 3.47. The zero-order valence-corrected chi connectivity index (χ0v) is 21.2. The smallest absolute Gasteiger partial charge is 0.412 e. The number of halogens is 1. The summed E-state index contributed by atoms with van der Waals surface area (Å²) in [6.07, 6.45) is 3.89. The fourth-order valence-electron chi connectivity index (χ4n) is 2.71. The summed E-state index contributed by atoms with van der Waals surface area (Å²) >= 11 is 0. The monoisotopic (exact) mass is 545 g/mol. The van der Waals surface area contributed by atoms with Gasteiger partial charge in [-0.05, 0) is 64.2 Å². The second kappa shape index (κ2) is 13.4. The van der Waals surface area contributed by atoms with Crippen molar-refractivity contribution in [2.45, 2.75) is 64.5 Å². The van der Waals surface area contributed by atoms with Crippen molar-refractivity contribution in [1.82, 2.24) is 16.0 Å². The Morgan fingerprint density at radius 3 is 2.32 bits per heavy atom. The molecular formula is C22H36IN5O3. The molecule has 1 aliphatic rings. The molecule has 4 N–H and O–H groups in total. The Kier molecular flexibility index (Phi) is 11.7. The molecule has 1 aromatic rings. The van der Waals surface area contributed by atoms with E-state index in [-0.39, 0.29) is 29.9 Å². The first-order chi connectivity index (χ1) is 14.2. The summed E-state index contributed by atoms with van der Waals surface area (Å²) < 4.78 is 5.25. The Labute approximate surface area is 202 Å². The molecule has 0 atom stereocenters. The van der Waals surface area contributed by atoms with E-state index < -0.39 is 11.7 Å². The minimum atomic E-state index is -0.523. The van der Waals surface area contributed by atoms with E-state index in [1.54, 1.807) is 7.05 Å². The number of ether oxygens (including phenoxy) is 1. The molecule has 174 valence electrons. The van der Waals surface area contributed by atoms with Crippen LogP contribution in [0.15, 0.2) is 29.3 Å². The third kappa shape index (κ3) is 12.4. The fourth-order valence-corrected chi connectivity index (χ4v) is 2.71. The molecule has 1 saturated carbocycles. The molecule has 0 heterocycles. The number of anilines is 1. The molecule has 9 heteroatoms. The Morgan fingerprint density at radius 1 is 1.10 bits per heavy atom. The molecule has 0 aromatic heterocycles. The van der Waals surface area contributed by atoms with E-state index in [1.165, 1.54) is 0 Å². The first-order valence-electron chi connectivity index (χ1n) is 10.6. The molecule has 2 rings (SSSR count). The highest BCUT2D eigenvalue weighted by atomic mass is 127. The van der Waals surface area contributed by atoms with Crippen LogP contribution < -0.4 is 21.3 Å². The van der Waals surface area contributed by atoms with Crippen LogP contribution in [0.1, 0.15) is 52.0 Å². The molecule has 8 nitrogen and oxygen atoms in total. The highest BCUT2D eigenvalue weighted by molar-refractivity contribution is 14.0. The lowest BCUT2D eigenvalue weighted by Crippen LogP contribution is -2.39. The number of benzene rings is 1. The quantitative estimate of drug-likeness (QED) is 0.165. The van der Waals surface area contributed by atoms with Gasteiger partial charge in [-0.2, -0.15) is 0 Å². The van der Waals surface area contributed by atoms with Crippen molar-refractivity contribution < 1.29 is 14.3 Å². The van der Waals surface area contributed by atoms with E-state index in [9.17, 15) is 9.59 Å². The van der Waals surface area contributed by atoms with Crippen LogP contribution in [-0.4, -0.2) is 49.7 Å². The molecule has 0 bridgehead atoms. The number of hydrogen-bond acceptors (Lipinski definition) is 4. The summed E-state index contributed by atoms with van der Waals surface area (Å²) in [5.41, 5.74) is 1.32. The van der Waals surface area contributed by atoms with Gasteiger partial charge in [-0.3, -0.25) is 15.1 Å². The maximum atomic E-state index is 11.8. The first-order valence-corrected chi connectivity index (χ1v) is 10.6. The predicted molar refractivity (Wildman–Crippen MR) is 135 cm³/mol. The van der Waals surface area contributed by atoms with Crippen molar-refractivity contribution in [3.63, 3.8) is 0 Å². The van der Waals surface area contributed by atoms with Crippen LogP contribution in [0.25, 0.3) is 0 Å². The van der Waals surface area contributed by atoms with E-state index >= 15 is 0 Å². The normalized spacial score (nSPS) is 13.6. The summed E-state index contributed by atoms with van der Waals surface area (Å²) in [6, 6.07) is 8.09. The Morgan fingerprint density at radius 2 is 1.74 bits per heavy atom. The van der Waals surface area contributed by atoms with Crippen molar-refractivity contribution in [2.75, 3.05) is 25.5 Å². The summed E-state index contributed by atoms with van der Waals surface area (Å²) in [7, 11) is 1.73. The molecule has 1 aromatic carbocycles. The number of carbonyl (C=O) groups excluding carboxylic acids is 2. The second-order valence-electron chi connectivity index (χ2n) is 8.44.